The molecule has 0 aliphatic carbocycles. The number of carbonyl (C=O) groups is 1. The van der Waals surface area contributed by atoms with Gasteiger partial charge in [0, 0.05) is 31.6 Å². The van der Waals surface area contributed by atoms with Crippen molar-refractivity contribution < 1.29 is 32.9 Å². The maximum atomic E-state index is 13.8. The van der Waals surface area contributed by atoms with Crippen LogP contribution in [0.2, 0.25) is 0 Å². The van der Waals surface area contributed by atoms with E-state index >= 15 is 0 Å². The number of sulfonamides is 1. The van der Waals surface area contributed by atoms with E-state index in [1.807, 2.05) is 43.1 Å². The third-order valence-electron chi connectivity index (χ3n) is 7.27. The summed E-state index contributed by atoms with van der Waals surface area (Å²) in [5, 5.41) is 19.5. The van der Waals surface area contributed by atoms with Gasteiger partial charge in [0.25, 0.3) is 0 Å². The molecule has 10 heteroatoms. The molecule has 1 heterocycles. The Labute approximate surface area is 235 Å². The van der Waals surface area contributed by atoms with Gasteiger partial charge >= 0.3 is 5.97 Å². The summed E-state index contributed by atoms with van der Waals surface area (Å²) >= 11 is 0. The Morgan fingerprint density at radius 1 is 1.12 bits per heavy atom. The number of aliphatic hydroxyl groups excluding tert-OH is 1. The summed E-state index contributed by atoms with van der Waals surface area (Å²) in [6, 6.07) is 18.7. The molecule has 0 aromatic heterocycles. The zero-order chi connectivity index (χ0) is 29.0. The normalized spacial score (nSPS) is 19.6. The first-order valence-corrected chi connectivity index (χ1v) is 14.6. The molecule has 0 saturated carbocycles. The first-order valence-electron chi connectivity index (χ1n) is 13.1. The van der Waals surface area contributed by atoms with E-state index in [9.17, 15) is 23.4 Å². The summed E-state index contributed by atoms with van der Waals surface area (Å²) < 4.78 is 40.6. The van der Waals surface area contributed by atoms with Gasteiger partial charge in [-0.25, -0.2) is 13.2 Å². The first kappa shape index (κ1) is 29.5. The van der Waals surface area contributed by atoms with Gasteiger partial charge in [-0.05, 0) is 61.0 Å². The second kappa shape index (κ2) is 12.4. The van der Waals surface area contributed by atoms with Gasteiger partial charge in [0.05, 0.1) is 19.3 Å². The van der Waals surface area contributed by atoms with E-state index in [-0.39, 0.29) is 35.3 Å². The molecule has 3 atom stereocenters. The molecule has 0 fully saturated rings. The van der Waals surface area contributed by atoms with Crippen LogP contribution in [-0.4, -0.2) is 79.8 Å². The van der Waals surface area contributed by atoms with E-state index in [0.29, 0.717) is 24.4 Å². The standard InChI is InChI=1S/C30H36N2O7S/c1-20-16-32(21(2)19-33)40(36,37)29-14-11-23(22-9-12-25(38-4)13-10-22)15-27(29)39-28(20)18-31(3)17-24-7-5-6-8-26(24)30(34)35/h5-15,20-21,28,33H,16-19H2,1-4H3,(H,34,35)/t20-,21+,28+/m1/s1. The number of likely N-dealkylation sites (N-methyl/N-ethyl adjacent to an activating group) is 1. The summed E-state index contributed by atoms with van der Waals surface area (Å²) in [5.41, 5.74) is 2.58. The average Bonchev–Trinajstić information content (AvgIpc) is 2.94. The molecule has 1 aliphatic rings. The highest BCUT2D eigenvalue weighted by atomic mass is 32.2. The lowest BCUT2D eigenvalue weighted by Crippen LogP contribution is -2.49. The quantitative estimate of drug-likeness (QED) is 0.399. The molecule has 214 valence electrons. The van der Waals surface area contributed by atoms with Gasteiger partial charge in [-0.3, -0.25) is 4.90 Å². The van der Waals surface area contributed by atoms with Crippen molar-refractivity contribution in [2.24, 2.45) is 5.92 Å². The van der Waals surface area contributed by atoms with Gasteiger partial charge in [-0.15, -0.1) is 0 Å². The van der Waals surface area contributed by atoms with Crippen molar-refractivity contribution in [3.8, 4) is 22.6 Å². The average molecular weight is 569 g/mol. The second-order valence-corrected chi connectivity index (χ2v) is 12.1. The van der Waals surface area contributed by atoms with Crippen LogP contribution in [0.1, 0.15) is 29.8 Å². The molecular weight excluding hydrogens is 532 g/mol. The van der Waals surface area contributed by atoms with Gasteiger partial charge in [0.2, 0.25) is 10.0 Å². The minimum atomic E-state index is -3.96. The molecule has 2 N–H and O–H groups in total. The van der Waals surface area contributed by atoms with Crippen LogP contribution in [0.5, 0.6) is 11.5 Å². The number of hydrogen-bond donors (Lipinski definition) is 2. The van der Waals surface area contributed by atoms with E-state index < -0.39 is 28.1 Å². The minimum absolute atomic E-state index is 0.0424. The van der Waals surface area contributed by atoms with Gasteiger partial charge in [0.1, 0.15) is 22.5 Å². The zero-order valence-electron chi connectivity index (χ0n) is 23.1. The third kappa shape index (κ3) is 6.31. The summed E-state index contributed by atoms with van der Waals surface area (Å²) in [5.74, 6) is -0.277. The largest absolute Gasteiger partial charge is 0.497 e. The molecule has 9 nitrogen and oxygen atoms in total. The van der Waals surface area contributed by atoms with Crippen molar-refractivity contribution >= 4 is 16.0 Å². The van der Waals surface area contributed by atoms with Crippen molar-refractivity contribution in [1.29, 1.82) is 0 Å². The fraction of sp³-hybridized carbons (Fsp3) is 0.367. The second-order valence-electron chi connectivity index (χ2n) is 10.3. The van der Waals surface area contributed by atoms with Crippen molar-refractivity contribution in [3.05, 3.63) is 77.9 Å². The fourth-order valence-electron chi connectivity index (χ4n) is 4.94. The number of nitrogens with zero attached hydrogens (tertiary/aromatic N) is 2. The van der Waals surface area contributed by atoms with Crippen LogP contribution in [0.15, 0.2) is 71.6 Å². The first-order chi connectivity index (χ1) is 19.0. The highest BCUT2D eigenvalue weighted by Gasteiger charge is 2.38. The van der Waals surface area contributed by atoms with Crippen LogP contribution in [-0.2, 0) is 16.6 Å². The van der Waals surface area contributed by atoms with Crippen LogP contribution in [0.3, 0.4) is 0 Å². The van der Waals surface area contributed by atoms with Crippen molar-refractivity contribution in [3.63, 3.8) is 0 Å². The lowest BCUT2D eigenvalue weighted by Gasteiger charge is -2.37. The molecule has 0 saturated heterocycles. The number of aliphatic hydroxyl groups is 1. The van der Waals surface area contributed by atoms with Crippen LogP contribution in [0.25, 0.3) is 11.1 Å². The number of aromatic carboxylic acids is 1. The molecule has 0 radical (unpaired) electrons. The molecule has 40 heavy (non-hydrogen) atoms. The van der Waals surface area contributed by atoms with Crippen molar-refractivity contribution in [2.45, 2.75) is 37.4 Å². The van der Waals surface area contributed by atoms with Crippen LogP contribution < -0.4 is 9.47 Å². The number of fused-ring (bicyclic) bond motifs is 1. The number of carboxylic acids is 1. The SMILES string of the molecule is COc1ccc(-c2ccc3c(c2)O[C@@H](CN(C)Cc2ccccc2C(=O)O)[C@H](C)CN([C@@H](C)CO)S3(=O)=O)cc1. The lowest BCUT2D eigenvalue weighted by atomic mass is 10.0. The summed E-state index contributed by atoms with van der Waals surface area (Å²) in [7, 11) is -0.487. The Kier molecular flexibility index (Phi) is 9.15. The molecule has 3 aromatic carbocycles. The summed E-state index contributed by atoms with van der Waals surface area (Å²) in [4.78, 5) is 13.7. The Balaban J connectivity index is 1.71. The molecule has 3 aromatic rings. The molecule has 0 spiro atoms. The van der Waals surface area contributed by atoms with Gasteiger partial charge in [0.15, 0.2) is 0 Å². The maximum absolute atomic E-state index is 13.8. The highest BCUT2D eigenvalue weighted by molar-refractivity contribution is 7.89. The van der Waals surface area contributed by atoms with E-state index in [1.54, 1.807) is 56.5 Å². The smallest absolute Gasteiger partial charge is 0.336 e. The van der Waals surface area contributed by atoms with E-state index in [1.165, 1.54) is 4.31 Å². The van der Waals surface area contributed by atoms with E-state index in [4.69, 9.17) is 9.47 Å². The predicted octanol–water partition coefficient (Wildman–Crippen LogP) is 3.96. The molecule has 0 amide bonds. The van der Waals surface area contributed by atoms with Gasteiger partial charge < -0.3 is 19.7 Å². The van der Waals surface area contributed by atoms with E-state index in [0.717, 1.165) is 11.1 Å². The molecular formula is C30H36N2O7S. The van der Waals surface area contributed by atoms with Crippen molar-refractivity contribution in [1.82, 2.24) is 9.21 Å². The van der Waals surface area contributed by atoms with Crippen LogP contribution >= 0.6 is 0 Å². The summed E-state index contributed by atoms with van der Waals surface area (Å²) in [6.07, 6.45) is -0.421. The van der Waals surface area contributed by atoms with Gasteiger partial charge in [-0.1, -0.05) is 43.3 Å². The topological polar surface area (TPSA) is 117 Å². The molecule has 4 rings (SSSR count). The molecule has 1 aliphatic heterocycles. The Bertz CT molecular complexity index is 1440. The third-order valence-corrected chi connectivity index (χ3v) is 9.29. The number of carboxylic acid groups (broad SMARTS) is 1. The number of hydrogen-bond acceptors (Lipinski definition) is 7. The summed E-state index contributed by atoms with van der Waals surface area (Å²) in [6.45, 7) is 4.25. The number of ether oxygens (including phenoxy) is 2. The minimum Gasteiger partial charge on any atom is -0.497 e. The fourth-order valence-corrected chi connectivity index (χ4v) is 6.76. The molecule has 0 bridgehead atoms. The zero-order valence-corrected chi connectivity index (χ0v) is 24.0. The number of methoxy groups -OCH3 is 1. The van der Waals surface area contributed by atoms with Gasteiger partial charge in [-0.2, -0.15) is 4.31 Å². The monoisotopic (exact) mass is 568 g/mol. The Hall–Kier alpha value is -3.44. The van der Waals surface area contributed by atoms with Crippen LogP contribution in [0.4, 0.5) is 0 Å². The Morgan fingerprint density at radius 2 is 1.80 bits per heavy atom. The number of benzene rings is 3. The Morgan fingerprint density at radius 3 is 2.45 bits per heavy atom. The highest BCUT2D eigenvalue weighted by Crippen LogP contribution is 2.37. The predicted molar refractivity (Wildman–Crippen MR) is 152 cm³/mol. The van der Waals surface area contributed by atoms with E-state index in [2.05, 4.69) is 0 Å². The lowest BCUT2D eigenvalue weighted by molar-refractivity contribution is 0.0686. The van der Waals surface area contributed by atoms with Crippen molar-refractivity contribution in [2.75, 3.05) is 33.9 Å². The maximum Gasteiger partial charge on any atom is 0.336 e. The molecule has 0 unspecified atom stereocenters. The number of rotatable bonds is 9. The van der Waals surface area contributed by atoms with Crippen LogP contribution in [0, 0.1) is 5.92 Å².